The summed E-state index contributed by atoms with van der Waals surface area (Å²) in [6.07, 6.45) is 3.94. The van der Waals surface area contributed by atoms with Gasteiger partial charge in [0, 0.05) is 18.8 Å². The molecule has 0 bridgehead atoms. The summed E-state index contributed by atoms with van der Waals surface area (Å²) in [5, 5.41) is 2.88. The van der Waals surface area contributed by atoms with Crippen molar-refractivity contribution in [3.8, 4) is 0 Å². The Bertz CT molecular complexity index is 134. The zero-order valence-electron chi connectivity index (χ0n) is 6.61. The Morgan fingerprint density at radius 3 is 2.82 bits per heavy atom. The van der Waals surface area contributed by atoms with Crippen LogP contribution < -0.4 is 5.32 Å². The molecule has 1 N–H and O–H groups in total. The topological polar surface area (TPSA) is 29.1 Å². The van der Waals surface area contributed by atoms with E-state index in [0.29, 0.717) is 12.3 Å². The Morgan fingerprint density at radius 2 is 2.27 bits per heavy atom. The molecule has 0 atom stereocenters. The van der Waals surface area contributed by atoms with Gasteiger partial charge in [0.25, 0.3) is 0 Å². The molecule has 1 rings (SSSR count). The average Bonchev–Trinajstić information content (AvgIpc) is 2.80. The smallest absolute Gasteiger partial charge is 0.220 e. The molecule has 0 aromatic heterocycles. The molecule has 0 aromatic carbocycles. The maximum Gasteiger partial charge on any atom is 0.220 e. The molecule has 0 spiro atoms. The quantitative estimate of drug-likeness (QED) is 0.631. The van der Waals surface area contributed by atoms with Crippen molar-refractivity contribution >= 4 is 17.5 Å². The van der Waals surface area contributed by atoms with Gasteiger partial charge in [-0.25, -0.2) is 0 Å². The van der Waals surface area contributed by atoms with Crippen molar-refractivity contribution in [1.29, 1.82) is 0 Å². The van der Waals surface area contributed by atoms with Crippen molar-refractivity contribution in [3.05, 3.63) is 0 Å². The molecule has 64 valence electrons. The van der Waals surface area contributed by atoms with Gasteiger partial charge in [-0.3, -0.25) is 4.79 Å². The average molecular weight is 176 g/mol. The van der Waals surface area contributed by atoms with Gasteiger partial charge < -0.3 is 5.32 Å². The highest BCUT2D eigenvalue weighted by Gasteiger charge is 2.21. The number of amides is 1. The first-order valence-electron chi connectivity index (χ1n) is 4.15. The Balaban J connectivity index is 1.91. The monoisotopic (exact) mass is 175 g/mol. The van der Waals surface area contributed by atoms with Crippen LogP contribution in [-0.4, -0.2) is 18.3 Å². The van der Waals surface area contributed by atoms with Crippen LogP contribution in [0.2, 0.25) is 0 Å². The molecule has 11 heavy (non-hydrogen) atoms. The summed E-state index contributed by atoms with van der Waals surface area (Å²) in [6, 6.07) is 0. The number of halogens is 1. The van der Waals surface area contributed by atoms with Crippen molar-refractivity contribution in [2.45, 2.75) is 25.7 Å². The first-order chi connectivity index (χ1) is 5.33. The van der Waals surface area contributed by atoms with Crippen molar-refractivity contribution in [3.63, 3.8) is 0 Å². The molecule has 1 aliphatic carbocycles. The third kappa shape index (κ3) is 4.25. The van der Waals surface area contributed by atoms with E-state index in [2.05, 4.69) is 5.32 Å². The van der Waals surface area contributed by atoms with Crippen LogP contribution in [0.15, 0.2) is 0 Å². The molecule has 1 fully saturated rings. The fourth-order valence-corrected chi connectivity index (χ4v) is 1.03. The van der Waals surface area contributed by atoms with Crippen molar-refractivity contribution in [2.75, 3.05) is 12.4 Å². The SMILES string of the molecule is O=C(CCCCl)NCC1CC1. The van der Waals surface area contributed by atoms with Gasteiger partial charge in [0.2, 0.25) is 5.91 Å². The lowest BCUT2D eigenvalue weighted by molar-refractivity contribution is -0.121. The van der Waals surface area contributed by atoms with Crippen LogP contribution in [0.3, 0.4) is 0 Å². The number of carbonyl (C=O) groups is 1. The molecule has 2 nitrogen and oxygen atoms in total. The summed E-state index contributed by atoms with van der Waals surface area (Å²) in [7, 11) is 0. The fourth-order valence-electron chi connectivity index (χ4n) is 0.896. The van der Waals surface area contributed by atoms with Crippen LogP contribution in [0.25, 0.3) is 0 Å². The summed E-state index contributed by atoms with van der Waals surface area (Å²) in [4.78, 5) is 11.0. The molecule has 1 saturated carbocycles. The summed E-state index contributed by atoms with van der Waals surface area (Å²) in [5.74, 6) is 1.50. The Morgan fingerprint density at radius 1 is 1.55 bits per heavy atom. The normalized spacial score (nSPS) is 16.5. The van der Waals surface area contributed by atoms with Crippen LogP contribution in [0, 0.1) is 5.92 Å². The molecule has 3 heteroatoms. The second-order valence-corrected chi connectivity index (χ2v) is 3.42. The maximum absolute atomic E-state index is 11.0. The third-order valence-corrected chi connectivity index (χ3v) is 2.09. The number of alkyl halides is 1. The third-order valence-electron chi connectivity index (χ3n) is 1.82. The molecule has 0 aromatic rings. The van der Waals surface area contributed by atoms with E-state index >= 15 is 0 Å². The molecule has 0 saturated heterocycles. The molecule has 1 amide bonds. The highest BCUT2D eigenvalue weighted by atomic mass is 35.5. The van der Waals surface area contributed by atoms with Gasteiger partial charge >= 0.3 is 0 Å². The van der Waals surface area contributed by atoms with E-state index in [1.165, 1.54) is 12.8 Å². The van der Waals surface area contributed by atoms with E-state index in [-0.39, 0.29) is 5.91 Å². The summed E-state index contributed by atoms with van der Waals surface area (Å²) in [6.45, 7) is 0.876. The summed E-state index contributed by atoms with van der Waals surface area (Å²) in [5.41, 5.74) is 0. The van der Waals surface area contributed by atoms with Gasteiger partial charge in [0.1, 0.15) is 0 Å². The number of nitrogens with one attached hydrogen (secondary N) is 1. The number of carbonyl (C=O) groups excluding carboxylic acids is 1. The minimum Gasteiger partial charge on any atom is -0.356 e. The lowest BCUT2D eigenvalue weighted by Crippen LogP contribution is -2.25. The lowest BCUT2D eigenvalue weighted by atomic mass is 10.3. The zero-order chi connectivity index (χ0) is 8.10. The minimum atomic E-state index is 0.151. The number of hydrogen-bond donors (Lipinski definition) is 1. The molecular weight excluding hydrogens is 162 g/mol. The molecule has 0 radical (unpaired) electrons. The van der Waals surface area contributed by atoms with Crippen LogP contribution in [-0.2, 0) is 4.79 Å². The van der Waals surface area contributed by atoms with Gasteiger partial charge in [-0.2, -0.15) is 0 Å². The van der Waals surface area contributed by atoms with Crippen LogP contribution in [0.5, 0.6) is 0 Å². The summed E-state index contributed by atoms with van der Waals surface area (Å²) < 4.78 is 0. The van der Waals surface area contributed by atoms with Gasteiger partial charge in [-0.05, 0) is 25.2 Å². The largest absolute Gasteiger partial charge is 0.356 e. The highest BCUT2D eigenvalue weighted by Crippen LogP contribution is 2.27. The van der Waals surface area contributed by atoms with E-state index in [1.54, 1.807) is 0 Å². The first kappa shape index (κ1) is 8.85. The van der Waals surface area contributed by atoms with Crippen molar-refractivity contribution < 1.29 is 4.79 Å². The van der Waals surface area contributed by atoms with E-state index in [1.807, 2.05) is 0 Å². The predicted octanol–water partition coefficient (Wildman–Crippen LogP) is 1.53. The first-order valence-corrected chi connectivity index (χ1v) is 4.69. The van der Waals surface area contributed by atoms with Crippen LogP contribution >= 0.6 is 11.6 Å². The Hall–Kier alpha value is -0.240. The summed E-state index contributed by atoms with van der Waals surface area (Å²) >= 11 is 5.44. The van der Waals surface area contributed by atoms with Crippen LogP contribution in [0.1, 0.15) is 25.7 Å². The van der Waals surface area contributed by atoms with E-state index in [0.717, 1.165) is 18.9 Å². The highest BCUT2D eigenvalue weighted by molar-refractivity contribution is 6.17. The predicted molar refractivity (Wildman–Crippen MR) is 45.7 cm³/mol. The van der Waals surface area contributed by atoms with Gasteiger partial charge in [0.05, 0.1) is 0 Å². The zero-order valence-corrected chi connectivity index (χ0v) is 7.36. The minimum absolute atomic E-state index is 0.151. The number of hydrogen-bond acceptors (Lipinski definition) is 1. The fraction of sp³-hybridized carbons (Fsp3) is 0.875. The van der Waals surface area contributed by atoms with Crippen molar-refractivity contribution in [2.24, 2.45) is 5.92 Å². The van der Waals surface area contributed by atoms with Crippen LogP contribution in [0.4, 0.5) is 0 Å². The second kappa shape index (κ2) is 4.60. The number of rotatable bonds is 5. The van der Waals surface area contributed by atoms with Crippen molar-refractivity contribution in [1.82, 2.24) is 5.32 Å². The Labute approximate surface area is 72.3 Å². The Kier molecular flexibility index (Phi) is 3.70. The molecule has 1 aliphatic rings. The van der Waals surface area contributed by atoms with Gasteiger partial charge in [-0.15, -0.1) is 11.6 Å². The maximum atomic E-state index is 11.0. The molecule has 0 heterocycles. The second-order valence-electron chi connectivity index (χ2n) is 3.04. The van der Waals surface area contributed by atoms with E-state index in [4.69, 9.17) is 11.6 Å². The molecule has 0 unspecified atom stereocenters. The molecule has 0 aliphatic heterocycles. The van der Waals surface area contributed by atoms with E-state index in [9.17, 15) is 4.79 Å². The lowest BCUT2D eigenvalue weighted by Gasteiger charge is -2.01. The van der Waals surface area contributed by atoms with Gasteiger partial charge in [0.15, 0.2) is 0 Å². The molecular formula is C8H14ClNO. The van der Waals surface area contributed by atoms with E-state index < -0.39 is 0 Å². The standard InChI is InChI=1S/C8H14ClNO/c9-5-1-2-8(11)10-6-7-3-4-7/h7H,1-6H2,(H,10,11). The van der Waals surface area contributed by atoms with Gasteiger partial charge in [-0.1, -0.05) is 0 Å².